The molecule has 6 atom stereocenters. The zero-order valence-electron chi connectivity index (χ0n) is 16.0. The van der Waals surface area contributed by atoms with Gasteiger partial charge in [0.15, 0.2) is 0 Å². The number of aliphatic hydroxyl groups excluding tert-OH is 1. The molecule has 0 radical (unpaired) electrons. The van der Waals surface area contributed by atoms with Crippen LogP contribution in [0, 0.1) is 17.8 Å². The average Bonchev–Trinajstić information content (AvgIpc) is 3.09. The summed E-state index contributed by atoms with van der Waals surface area (Å²) >= 11 is 0. The van der Waals surface area contributed by atoms with E-state index in [1.54, 1.807) is 12.1 Å². The van der Waals surface area contributed by atoms with Crippen molar-refractivity contribution >= 4 is 11.9 Å². The maximum absolute atomic E-state index is 12.6. The van der Waals surface area contributed by atoms with Gasteiger partial charge < -0.3 is 19.7 Å². The van der Waals surface area contributed by atoms with Gasteiger partial charge in [-0.3, -0.25) is 4.79 Å². The molecular formula is C23H24O6. The monoisotopic (exact) mass is 396 g/mol. The second kappa shape index (κ2) is 7.19. The van der Waals surface area contributed by atoms with Crippen LogP contribution < -0.4 is 0 Å². The molecule has 3 fully saturated rings. The summed E-state index contributed by atoms with van der Waals surface area (Å²) < 4.78 is 11.4. The fourth-order valence-electron chi connectivity index (χ4n) is 4.86. The predicted molar refractivity (Wildman–Crippen MR) is 105 cm³/mol. The second-order valence-corrected chi connectivity index (χ2v) is 8.11. The Morgan fingerprint density at radius 1 is 1.17 bits per heavy atom. The summed E-state index contributed by atoms with van der Waals surface area (Å²) in [6.45, 7) is 12.1. The number of hydrogen-bond acceptors (Lipinski definition) is 6. The number of carbonyl (C=O) groups excluding carboxylic acids is 2. The van der Waals surface area contributed by atoms with Crippen molar-refractivity contribution in [2.24, 2.45) is 17.8 Å². The van der Waals surface area contributed by atoms with Crippen molar-refractivity contribution in [1.29, 1.82) is 0 Å². The number of fused-ring (bicyclic) bond motifs is 3. The maximum Gasteiger partial charge on any atom is 0.334 e. The van der Waals surface area contributed by atoms with Crippen molar-refractivity contribution in [3.8, 4) is 5.75 Å². The molecule has 3 aliphatic rings. The highest BCUT2D eigenvalue weighted by Gasteiger charge is 2.56. The van der Waals surface area contributed by atoms with E-state index in [1.807, 2.05) is 0 Å². The van der Waals surface area contributed by atoms with E-state index < -0.39 is 36.2 Å². The van der Waals surface area contributed by atoms with Gasteiger partial charge in [0, 0.05) is 17.9 Å². The Hall–Kier alpha value is -2.86. The first-order valence-electron chi connectivity index (χ1n) is 9.68. The molecule has 0 unspecified atom stereocenters. The van der Waals surface area contributed by atoms with Gasteiger partial charge in [-0.2, -0.15) is 0 Å². The Morgan fingerprint density at radius 3 is 2.55 bits per heavy atom. The first-order valence-corrected chi connectivity index (χ1v) is 9.68. The van der Waals surface area contributed by atoms with Gasteiger partial charge >= 0.3 is 11.9 Å². The van der Waals surface area contributed by atoms with Gasteiger partial charge in [-0.25, -0.2) is 4.79 Å². The molecule has 1 saturated heterocycles. The quantitative estimate of drug-likeness (QED) is 0.463. The minimum absolute atomic E-state index is 0.0419. The minimum atomic E-state index is -0.663. The van der Waals surface area contributed by atoms with E-state index in [-0.39, 0.29) is 29.6 Å². The van der Waals surface area contributed by atoms with Gasteiger partial charge in [-0.15, -0.1) is 0 Å². The number of ether oxygens (including phenoxy) is 2. The van der Waals surface area contributed by atoms with E-state index in [0.717, 1.165) is 5.57 Å². The molecule has 1 aliphatic heterocycles. The molecule has 6 nitrogen and oxygen atoms in total. The van der Waals surface area contributed by atoms with Crippen LogP contribution in [0.5, 0.6) is 5.75 Å². The van der Waals surface area contributed by atoms with E-state index in [1.165, 1.54) is 12.1 Å². The highest BCUT2D eigenvalue weighted by atomic mass is 16.6. The highest BCUT2D eigenvalue weighted by Crippen LogP contribution is 2.52. The lowest BCUT2D eigenvalue weighted by molar-refractivity contribution is -0.151. The molecule has 1 aromatic rings. The number of aromatic hydroxyl groups is 1. The molecule has 152 valence electrons. The van der Waals surface area contributed by atoms with Crippen molar-refractivity contribution in [1.82, 2.24) is 0 Å². The third kappa shape index (κ3) is 3.38. The minimum Gasteiger partial charge on any atom is -0.508 e. The normalized spacial score (nSPS) is 33.7. The molecule has 6 heteroatoms. The van der Waals surface area contributed by atoms with Crippen molar-refractivity contribution < 1.29 is 29.3 Å². The van der Waals surface area contributed by atoms with Crippen molar-refractivity contribution in [3.63, 3.8) is 0 Å². The van der Waals surface area contributed by atoms with Gasteiger partial charge in [0.05, 0.1) is 18.4 Å². The molecule has 1 heterocycles. The SMILES string of the molecule is C=C1C(=O)O[C@@H]2[C@H]3C(=C)[C@@H](O)C[C@H]3C(=C)C[C@@H](OC(=O)Cc3ccc(O)cc3)[C@@H]12. The second-order valence-electron chi connectivity index (χ2n) is 8.11. The van der Waals surface area contributed by atoms with Gasteiger partial charge in [-0.1, -0.05) is 37.4 Å². The molecule has 1 aromatic carbocycles. The van der Waals surface area contributed by atoms with Crippen LogP contribution in [-0.4, -0.2) is 40.5 Å². The largest absolute Gasteiger partial charge is 0.508 e. The van der Waals surface area contributed by atoms with Crippen LogP contribution in [0.25, 0.3) is 0 Å². The molecular weight excluding hydrogens is 372 g/mol. The molecule has 4 rings (SSSR count). The molecule has 0 amide bonds. The zero-order chi connectivity index (χ0) is 20.9. The summed E-state index contributed by atoms with van der Waals surface area (Å²) in [5, 5.41) is 19.7. The number of hydrogen-bond donors (Lipinski definition) is 2. The molecule has 29 heavy (non-hydrogen) atoms. The van der Waals surface area contributed by atoms with Gasteiger partial charge in [0.25, 0.3) is 0 Å². The number of aliphatic hydroxyl groups is 1. The van der Waals surface area contributed by atoms with Crippen molar-refractivity contribution in [2.75, 3.05) is 0 Å². The first-order chi connectivity index (χ1) is 13.8. The Labute approximate surface area is 169 Å². The lowest BCUT2D eigenvalue weighted by Crippen LogP contribution is -2.36. The Bertz CT molecular complexity index is 898. The van der Waals surface area contributed by atoms with Crippen molar-refractivity contribution in [3.05, 3.63) is 66.3 Å². The number of esters is 2. The summed E-state index contributed by atoms with van der Waals surface area (Å²) in [6, 6.07) is 6.33. The molecule has 0 aromatic heterocycles. The van der Waals surface area contributed by atoms with Gasteiger partial charge in [-0.05, 0) is 35.6 Å². The average molecular weight is 396 g/mol. The fourth-order valence-corrected chi connectivity index (χ4v) is 4.86. The Balaban J connectivity index is 1.58. The maximum atomic E-state index is 12.6. The zero-order valence-corrected chi connectivity index (χ0v) is 16.0. The molecule has 2 saturated carbocycles. The third-order valence-corrected chi connectivity index (χ3v) is 6.34. The predicted octanol–water partition coefficient (Wildman–Crippen LogP) is 2.46. The van der Waals surface area contributed by atoms with Crippen LogP contribution in [0.3, 0.4) is 0 Å². The molecule has 0 bridgehead atoms. The topological polar surface area (TPSA) is 93.1 Å². The molecule has 2 N–H and O–H groups in total. The van der Waals surface area contributed by atoms with Crippen LogP contribution >= 0.6 is 0 Å². The first kappa shape index (κ1) is 19.5. The van der Waals surface area contributed by atoms with Gasteiger partial charge in [0.1, 0.15) is 18.0 Å². The summed E-state index contributed by atoms with van der Waals surface area (Å²) in [6.07, 6.45) is -0.964. The Kier molecular flexibility index (Phi) is 4.82. The summed E-state index contributed by atoms with van der Waals surface area (Å²) in [4.78, 5) is 24.9. The molecule has 2 aliphatic carbocycles. The summed E-state index contributed by atoms with van der Waals surface area (Å²) in [5.74, 6) is -1.65. The lowest BCUT2D eigenvalue weighted by Gasteiger charge is -2.28. The lowest BCUT2D eigenvalue weighted by atomic mass is 9.81. The smallest absolute Gasteiger partial charge is 0.334 e. The number of carbonyl (C=O) groups is 2. The van der Waals surface area contributed by atoms with Crippen LogP contribution in [-0.2, 0) is 25.5 Å². The fraction of sp³-hybridized carbons (Fsp3) is 0.391. The number of phenolic OH excluding ortho intramolecular Hbond substituents is 1. The highest BCUT2D eigenvalue weighted by molar-refractivity contribution is 5.91. The van der Waals surface area contributed by atoms with Crippen LogP contribution in [0.15, 0.2) is 60.7 Å². The van der Waals surface area contributed by atoms with E-state index >= 15 is 0 Å². The molecule has 0 spiro atoms. The van der Waals surface area contributed by atoms with E-state index in [2.05, 4.69) is 19.7 Å². The standard InChI is InChI=1S/C23H24O6/c1-11-8-18(28-19(26)9-14-4-6-15(24)7-5-14)21-13(3)23(27)29-22(21)20-12(2)17(25)10-16(11)20/h4-7,16-18,20-22,24-25H,1-3,8-10H2/t16-,17-,18+,20-,21+,22+/m0/s1. The van der Waals surface area contributed by atoms with Crippen LogP contribution in [0.1, 0.15) is 18.4 Å². The van der Waals surface area contributed by atoms with E-state index in [9.17, 15) is 19.8 Å². The van der Waals surface area contributed by atoms with E-state index in [4.69, 9.17) is 9.47 Å². The third-order valence-electron chi connectivity index (χ3n) is 6.34. The van der Waals surface area contributed by atoms with Gasteiger partial charge in [0.2, 0.25) is 0 Å². The summed E-state index contributed by atoms with van der Waals surface area (Å²) in [7, 11) is 0. The summed E-state index contributed by atoms with van der Waals surface area (Å²) in [5.41, 5.74) is 2.47. The van der Waals surface area contributed by atoms with Crippen molar-refractivity contribution in [2.45, 2.75) is 37.6 Å². The number of rotatable bonds is 3. The van der Waals surface area contributed by atoms with Crippen LogP contribution in [0.2, 0.25) is 0 Å². The Morgan fingerprint density at radius 2 is 1.86 bits per heavy atom. The van der Waals surface area contributed by atoms with E-state index in [0.29, 0.717) is 24.0 Å². The number of benzene rings is 1. The number of phenols is 1. The van der Waals surface area contributed by atoms with Crippen LogP contribution in [0.4, 0.5) is 0 Å².